The van der Waals surface area contributed by atoms with Crippen LogP contribution in [0.5, 0.6) is 17.2 Å². The Kier molecular flexibility index (Phi) is 7.33. The van der Waals surface area contributed by atoms with Crippen LogP contribution >= 0.6 is 0 Å². The molecule has 0 unspecified atom stereocenters. The number of benzene rings is 3. The first kappa shape index (κ1) is 25.4. The molecule has 3 aromatic rings. The highest BCUT2D eigenvalue weighted by molar-refractivity contribution is 6.46. The maximum atomic E-state index is 13.3. The maximum absolute atomic E-state index is 13.3. The van der Waals surface area contributed by atoms with Gasteiger partial charge < -0.3 is 29.1 Å². The molecule has 2 heterocycles. The van der Waals surface area contributed by atoms with E-state index in [0.29, 0.717) is 61.3 Å². The second-order valence-corrected chi connectivity index (χ2v) is 9.50. The first-order chi connectivity index (χ1) is 18.4. The van der Waals surface area contributed by atoms with E-state index in [2.05, 4.69) is 0 Å². The quantitative estimate of drug-likeness (QED) is 0.276. The summed E-state index contributed by atoms with van der Waals surface area (Å²) in [7, 11) is 3.80. The number of ketones is 1. The van der Waals surface area contributed by atoms with Crippen LogP contribution in [0.2, 0.25) is 0 Å². The number of ether oxygens (including phenoxy) is 3. The normalized spacial score (nSPS) is 18.2. The number of amides is 1. The molecule has 8 heteroatoms. The van der Waals surface area contributed by atoms with Crippen molar-refractivity contribution in [3.63, 3.8) is 0 Å². The number of carbonyl (C=O) groups excluding carboxylic acids is 2. The van der Waals surface area contributed by atoms with Crippen LogP contribution < -0.4 is 14.2 Å². The Morgan fingerprint density at radius 1 is 0.974 bits per heavy atom. The fourth-order valence-corrected chi connectivity index (χ4v) is 4.63. The zero-order chi connectivity index (χ0) is 26.6. The van der Waals surface area contributed by atoms with E-state index >= 15 is 0 Å². The number of hydrogen-bond acceptors (Lipinski definition) is 7. The summed E-state index contributed by atoms with van der Waals surface area (Å²) in [4.78, 5) is 30.0. The summed E-state index contributed by atoms with van der Waals surface area (Å²) < 4.78 is 17.3. The summed E-state index contributed by atoms with van der Waals surface area (Å²) in [5, 5.41) is 11.4. The average Bonchev–Trinajstić information content (AvgIpc) is 3.20. The molecule has 1 fully saturated rings. The van der Waals surface area contributed by atoms with Gasteiger partial charge in [0.25, 0.3) is 11.7 Å². The van der Waals surface area contributed by atoms with Crippen molar-refractivity contribution in [2.45, 2.75) is 12.6 Å². The van der Waals surface area contributed by atoms with Gasteiger partial charge in [0, 0.05) is 18.7 Å². The minimum absolute atomic E-state index is 0.0330. The largest absolute Gasteiger partial charge is 0.507 e. The lowest BCUT2D eigenvalue weighted by atomic mass is 9.95. The van der Waals surface area contributed by atoms with Crippen LogP contribution in [0.4, 0.5) is 0 Å². The van der Waals surface area contributed by atoms with E-state index in [4.69, 9.17) is 14.2 Å². The number of likely N-dealkylation sites (tertiary alicyclic amines) is 1. The summed E-state index contributed by atoms with van der Waals surface area (Å²) in [5.74, 6) is 0.0227. The molecular weight excluding hydrogens is 484 g/mol. The topological polar surface area (TPSA) is 88.5 Å². The monoisotopic (exact) mass is 514 g/mol. The average molecular weight is 515 g/mol. The zero-order valence-corrected chi connectivity index (χ0v) is 21.4. The molecule has 196 valence electrons. The van der Waals surface area contributed by atoms with Crippen molar-refractivity contribution >= 4 is 17.4 Å². The Morgan fingerprint density at radius 2 is 1.74 bits per heavy atom. The van der Waals surface area contributed by atoms with Gasteiger partial charge in [-0.1, -0.05) is 42.5 Å². The third kappa shape index (κ3) is 5.21. The smallest absolute Gasteiger partial charge is 0.295 e. The summed E-state index contributed by atoms with van der Waals surface area (Å²) in [6.45, 7) is 2.08. The first-order valence-corrected chi connectivity index (χ1v) is 12.5. The number of aliphatic hydroxyl groups excluding tert-OH is 1. The number of likely N-dealkylation sites (N-methyl/N-ethyl adjacent to an activating group) is 1. The van der Waals surface area contributed by atoms with Crippen molar-refractivity contribution in [2.24, 2.45) is 0 Å². The fourth-order valence-electron chi connectivity index (χ4n) is 4.63. The number of nitrogens with zero attached hydrogens (tertiary/aromatic N) is 2. The SMILES string of the molecule is CN(C)CCN1C(=O)C(=O)/C(=C(/O)c2ccc3c(c2)OCCO3)[C@@H]1c1cccc(OCc2ccccc2)c1. The number of aliphatic hydroxyl groups is 1. The molecule has 1 saturated heterocycles. The summed E-state index contributed by atoms with van der Waals surface area (Å²) in [6, 6.07) is 21.3. The van der Waals surface area contributed by atoms with Crippen LogP contribution in [0, 0.1) is 0 Å². The zero-order valence-electron chi connectivity index (χ0n) is 21.4. The first-order valence-electron chi connectivity index (χ1n) is 12.5. The number of hydrogen-bond donors (Lipinski definition) is 1. The number of carbonyl (C=O) groups is 2. The van der Waals surface area contributed by atoms with Crippen LogP contribution in [0.25, 0.3) is 5.76 Å². The van der Waals surface area contributed by atoms with Crippen LogP contribution in [0.3, 0.4) is 0 Å². The van der Waals surface area contributed by atoms with E-state index in [-0.39, 0.29) is 11.3 Å². The summed E-state index contributed by atoms with van der Waals surface area (Å²) in [5.41, 5.74) is 2.10. The second-order valence-electron chi connectivity index (χ2n) is 9.50. The Hall–Kier alpha value is -4.30. The number of fused-ring (bicyclic) bond motifs is 1. The lowest BCUT2D eigenvalue weighted by Crippen LogP contribution is -2.35. The van der Waals surface area contributed by atoms with Crippen LogP contribution in [0.1, 0.15) is 22.7 Å². The molecule has 0 saturated carbocycles. The fraction of sp³-hybridized carbons (Fsp3) is 0.267. The highest BCUT2D eigenvalue weighted by atomic mass is 16.6. The third-order valence-electron chi connectivity index (χ3n) is 6.57. The Labute approximate surface area is 221 Å². The van der Waals surface area contributed by atoms with Crippen molar-refractivity contribution < 1.29 is 28.9 Å². The van der Waals surface area contributed by atoms with E-state index in [0.717, 1.165) is 5.56 Å². The van der Waals surface area contributed by atoms with E-state index in [1.165, 1.54) is 4.90 Å². The minimum Gasteiger partial charge on any atom is -0.507 e. The molecule has 0 radical (unpaired) electrons. The third-order valence-corrected chi connectivity index (χ3v) is 6.57. The molecule has 3 aromatic carbocycles. The predicted molar refractivity (Wildman–Crippen MR) is 142 cm³/mol. The van der Waals surface area contributed by atoms with Crippen molar-refractivity contribution in [1.82, 2.24) is 9.80 Å². The molecule has 2 aliphatic rings. The van der Waals surface area contributed by atoms with Crippen LogP contribution in [-0.4, -0.2) is 67.0 Å². The molecule has 0 spiro atoms. The Balaban J connectivity index is 1.53. The van der Waals surface area contributed by atoms with E-state index in [9.17, 15) is 14.7 Å². The highest BCUT2D eigenvalue weighted by Crippen LogP contribution is 2.41. The van der Waals surface area contributed by atoms with Crippen molar-refractivity contribution in [1.29, 1.82) is 0 Å². The van der Waals surface area contributed by atoms with Gasteiger partial charge in [-0.25, -0.2) is 0 Å². The van der Waals surface area contributed by atoms with Crippen molar-refractivity contribution in [3.05, 3.63) is 95.1 Å². The van der Waals surface area contributed by atoms with Gasteiger partial charge in [0.05, 0.1) is 11.6 Å². The summed E-state index contributed by atoms with van der Waals surface area (Å²) in [6.07, 6.45) is 0. The van der Waals surface area contributed by atoms with Gasteiger partial charge in [0.1, 0.15) is 31.3 Å². The van der Waals surface area contributed by atoms with Gasteiger partial charge in [0.15, 0.2) is 11.5 Å². The van der Waals surface area contributed by atoms with Crippen molar-refractivity contribution in [2.75, 3.05) is 40.4 Å². The predicted octanol–water partition coefficient (Wildman–Crippen LogP) is 4.02. The molecule has 0 aliphatic carbocycles. The van der Waals surface area contributed by atoms with Gasteiger partial charge in [0.2, 0.25) is 0 Å². The van der Waals surface area contributed by atoms with E-state index in [1.807, 2.05) is 73.6 Å². The molecule has 5 rings (SSSR count). The molecule has 1 atom stereocenters. The molecule has 1 amide bonds. The van der Waals surface area contributed by atoms with E-state index < -0.39 is 17.7 Å². The molecule has 1 N–H and O–H groups in total. The molecule has 0 aromatic heterocycles. The van der Waals surface area contributed by atoms with Gasteiger partial charge in [-0.15, -0.1) is 0 Å². The van der Waals surface area contributed by atoms with E-state index in [1.54, 1.807) is 18.2 Å². The van der Waals surface area contributed by atoms with Crippen LogP contribution in [-0.2, 0) is 16.2 Å². The van der Waals surface area contributed by atoms with Gasteiger partial charge >= 0.3 is 0 Å². The lowest BCUT2D eigenvalue weighted by Gasteiger charge is -2.27. The number of rotatable bonds is 8. The Bertz CT molecular complexity index is 1370. The molecule has 0 bridgehead atoms. The Morgan fingerprint density at radius 3 is 2.50 bits per heavy atom. The molecular formula is C30H30N2O6. The molecule has 38 heavy (non-hydrogen) atoms. The molecule has 8 nitrogen and oxygen atoms in total. The summed E-state index contributed by atoms with van der Waals surface area (Å²) >= 11 is 0. The maximum Gasteiger partial charge on any atom is 0.295 e. The van der Waals surface area contributed by atoms with Crippen LogP contribution in [0.15, 0.2) is 78.4 Å². The van der Waals surface area contributed by atoms with Gasteiger partial charge in [-0.3, -0.25) is 9.59 Å². The second kappa shape index (κ2) is 11.0. The molecule has 2 aliphatic heterocycles. The van der Waals surface area contributed by atoms with Gasteiger partial charge in [-0.05, 0) is 55.6 Å². The number of Topliss-reactive ketones (excluding diaryl/α,β-unsaturated/α-hetero) is 1. The van der Waals surface area contributed by atoms with Crippen molar-refractivity contribution in [3.8, 4) is 17.2 Å². The highest BCUT2D eigenvalue weighted by Gasteiger charge is 2.46. The minimum atomic E-state index is -0.775. The standard InChI is InChI=1S/C30H30N2O6/c1-31(2)13-14-32-27(21-9-6-10-23(17-21)38-19-20-7-4-3-5-8-20)26(29(34)30(32)35)28(33)22-11-12-24-25(18-22)37-16-15-36-24/h3-12,17-18,27,33H,13-16,19H2,1-2H3/b28-26+/t27-/m0/s1. The lowest BCUT2D eigenvalue weighted by molar-refractivity contribution is -0.140. The van der Waals surface area contributed by atoms with Gasteiger partial charge in [-0.2, -0.15) is 0 Å².